The molecule has 0 aliphatic carbocycles. The summed E-state index contributed by atoms with van der Waals surface area (Å²) in [6.07, 6.45) is 0.456. The molecular formula is C13H18BrClF2N2. The molecule has 6 heteroatoms. The highest BCUT2D eigenvalue weighted by molar-refractivity contribution is 9.10. The number of nitrogens with zero attached hydrogens (tertiary/aromatic N) is 1. The van der Waals surface area contributed by atoms with Crippen molar-refractivity contribution in [1.29, 1.82) is 0 Å². The molecule has 1 atom stereocenters. The molecule has 1 aromatic carbocycles. The topological polar surface area (TPSA) is 15.3 Å². The van der Waals surface area contributed by atoms with E-state index in [1.807, 2.05) is 0 Å². The van der Waals surface area contributed by atoms with E-state index in [1.54, 1.807) is 12.1 Å². The van der Waals surface area contributed by atoms with Crippen molar-refractivity contribution in [2.24, 2.45) is 0 Å². The number of alkyl halides is 1. The molecule has 2 nitrogen and oxygen atoms in total. The van der Waals surface area contributed by atoms with E-state index < -0.39 is 0 Å². The average molecular weight is 356 g/mol. The molecule has 0 aromatic heterocycles. The van der Waals surface area contributed by atoms with Gasteiger partial charge in [-0.3, -0.25) is 9.29 Å². The van der Waals surface area contributed by atoms with Gasteiger partial charge in [0.2, 0.25) is 0 Å². The summed E-state index contributed by atoms with van der Waals surface area (Å²) in [7, 11) is 0. The lowest BCUT2D eigenvalue weighted by Gasteiger charge is -2.35. The summed E-state index contributed by atoms with van der Waals surface area (Å²) >= 11 is 3.19. The highest BCUT2D eigenvalue weighted by Crippen LogP contribution is 2.28. The Labute approximate surface area is 127 Å². The third-order valence-electron chi connectivity index (χ3n) is 3.30. The molecule has 0 spiro atoms. The zero-order valence-corrected chi connectivity index (χ0v) is 12.9. The molecule has 0 amide bonds. The van der Waals surface area contributed by atoms with Gasteiger partial charge in [0, 0.05) is 32.2 Å². The van der Waals surface area contributed by atoms with Crippen molar-refractivity contribution in [2.75, 3.05) is 32.9 Å². The van der Waals surface area contributed by atoms with Crippen LogP contribution in [0, 0.1) is 5.82 Å². The van der Waals surface area contributed by atoms with Crippen LogP contribution in [0.15, 0.2) is 22.7 Å². The molecule has 1 aliphatic heterocycles. The Morgan fingerprint density at radius 1 is 1.32 bits per heavy atom. The highest BCUT2D eigenvalue weighted by Gasteiger charge is 2.22. The number of hydrogen-bond donors (Lipinski definition) is 1. The molecule has 0 bridgehead atoms. The average Bonchev–Trinajstić information content (AvgIpc) is 2.40. The summed E-state index contributed by atoms with van der Waals surface area (Å²) in [4.78, 5) is 2.26. The molecule has 1 heterocycles. The Balaban J connectivity index is 0.00000180. The van der Waals surface area contributed by atoms with Crippen LogP contribution in [0.3, 0.4) is 0 Å². The van der Waals surface area contributed by atoms with Crippen LogP contribution in [0.4, 0.5) is 8.78 Å². The number of benzene rings is 1. The van der Waals surface area contributed by atoms with Crippen molar-refractivity contribution in [2.45, 2.75) is 12.5 Å². The predicted octanol–water partition coefficient (Wildman–Crippen LogP) is 3.32. The fourth-order valence-electron chi connectivity index (χ4n) is 2.38. The maximum Gasteiger partial charge on any atom is 0.137 e. The highest BCUT2D eigenvalue weighted by atomic mass is 79.9. The van der Waals surface area contributed by atoms with E-state index in [0.29, 0.717) is 10.9 Å². The Morgan fingerprint density at radius 3 is 2.58 bits per heavy atom. The summed E-state index contributed by atoms with van der Waals surface area (Å²) in [5, 5.41) is 3.28. The molecule has 1 fully saturated rings. The molecule has 2 rings (SSSR count). The van der Waals surface area contributed by atoms with E-state index >= 15 is 0 Å². The number of rotatable bonds is 4. The first-order chi connectivity index (χ1) is 8.72. The first kappa shape index (κ1) is 16.8. The number of hydrogen-bond acceptors (Lipinski definition) is 2. The molecule has 108 valence electrons. The number of halogens is 4. The third kappa shape index (κ3) is 4.38. The van der Waals surface area contributed by atoms with Gasteiger partial charge in [-0.1, -0.05) is 6.07 Å². The summed E-state index contributed by atoms with van der Waals surface area (Å²) in [5.74, 6) is -0.280. The standard InChI is InChI=1S/C13H17BrF2N2.ClH/c14-11-9-10(1-2-12(11)16)13(3-4-15)18-7-5-17-6-8-18;/h1-2,9,13,17H,3-8H2;1H/t13-;/m1./s1. The van der Waals surface area contributed by atoms with Crippen molar-refractivity contribution >= 4 is 28.3 Å². The molecule has 0 radical (unpaired) electrons. The second-order valence-electron chi connectivity index (χ2n) is 4.45. The lowest BCUT2D eigenvalue weighted by molar-refractivity contribution is 0.157. The van der Waals surface area contributed by atoms with Gasteiger partial charge in [0.1, 0.15) is 5.82 Å². The summed E-state index contributed by atoms with van der Waals surface area (Å²) in [6, 6.07) is 4.99. The molecule has 0 saturated carbocycles. The molecule has 0 unspecified atom stereocenters. The molecule has 1 N–H and O–H groups in total. The molecule has 1 saturated heterocycles. The van der Waals surface area contributed by atoms with Crippen molar-refractivity contribution in [3.63, 3.8) is 0 Å². The van der Waals surface area contributed by atoms with E-state index in [2.05, 4.69) is 26.1 Å². The first-order valence-electron chi connectivity index (χ1n) is 6.18. The summed E-state index contributed by atoms with van der Waals surface area (Å²) in [6.45, 7) is 3.29. The van der Waals surface area contributed by atoms with Gasteiger partial charge in [0.15, 0.2) is 0 Å². The largest absolute Gasteiger partial charge is 0.314 e. The van der Waals surface area contributed by atoms with Crippen LogP contribution in [0.5, 0.6) is 0 Å². The summed E-state index contributed by atoms with van der Waals surface area (Å²) < 4.78 is 26.4. The molecule has 1 aromatic rings. The van der Waals surface area contributed by atoms with E-state index in [-0.39, 0.29) is 30.9 Å². The minimum absolute atomic E-state index is 0. The predicted molar refractivity (Wildman–Crippen MR) is 79.1 cm³/mol. The second kappa shape index (κ2) is 8.15. The maximum absolute atomic E-state index is 13.2. The van der Waals surface area contributed by atoms with E-state index in [4.69, 9.17) is 0 Å². The lowest BCUT2D eigenvalue weighted by atomic mass is 10.0. The number of piperazine rings is 1. The fourth-order valence-corrected chi connectivity index (χ4v) is 2.77. The minimum Gasteiger partial charge on any atom is -0.314 e. The molecular weight excluding hydrogens is 338 g/mol. The Hall–Kier alpha value is -0.230. The Morgan fingerprint density at radius 2 is 2.00 bits per heavy atom. The Kier molecular flexibility index (Phi) is 7.21. The van der Waals surface area contributed by atoms with Crippen LogP contribution >= 0.6 is 28.3 Å². The minimum atomic E-state index is -0.358. The normalized spacial score (nSPS) is 17.8. The smallest absolute Gasteiger partial charge is 0.137 e. The van der Waals surface area contributed by atoms with Crippen molar-refractivity contribution in [3.05, 3.63) is 34.1 Å². The number of nitrogens with one attached hydrogen (secondary N) is 1. The monoisotopic (exact) mass is 354 g/mol. The van der Waals surface area contributed by atoms with Gasteiger partial charge in [-0.05, 0) is 40.0 Å². The van der Waals surface area contributed by atoms with Crippen LogP contribution in [0.2, 0.25) is 0 Å². The lowest BCUT2D eigenvalue weighted by Crippen LogP contribution is -2.45. The van der Waals surface area contributed by atoms with E-state index in [1.165, 1.54) is 6.07 Å². The fraction of sp³-hybridized carbons (Fsp3) is 0.538. The van der Waals surface area contributed by atoms with Crippen LogP contribution < -0.4 is 5.32 Å². The van der Waals surface area contributed by atoms with Crippen molar-refractivity contribution < 1.29 is 8.78 Å². The second-order valence-corrected chi connectivity index (χ2v) is 5.31. The zero-order valence-electron chi connectivity index (χ0n) is 10.5. The zero-order chi connectivity index (χ0) is 13.0. The van der Waals surface area contributed by atoms with Gasteiger partial charge < -0.3 is 5.32 Å². The van der Waals surface area contributed by atoms with Gasteiger partial charge in [0.25, 0.3) is 0 Å². The van der Waals surface area contributed by atoms with Crippen molar-refractivity contribution in [3.8, 4) is 0 Å². The third-order valence-corrected chi connectivity index (χ3v) is 3.91. The Bertz CT molecular complexity index is 400. The summed E-state index contributed by atoms with van der Waals surface area (Å²) in [5.41, 5.74) is 0.975. The van der Waals surface area contributed by atoms with Crippen LogP contribution in [-0.4, -0.2) is 37.8 Å². The van der Waals surface area contributed by atoms with E-state index in [0.717, 1.165) is 31.7 Å². The van der Waals surface area contributed by atoms with Gasteiger partial charge in [-0.15, -0.1) is 12.4 Å². The maximum atomic E-state index is 13.2. The SMILES string of the molecule is Cl.FCC[C@H](c1ccc(F)c(Br)c1)N1CCNCC1. The van der Waals surface area contributed by atoms with Gasteiger partial charge in [0.05, 0.1) is 11.1 Å². The van der Waals surface area contributed by atoms with E-state index in [9.17, 15) is 8.78 Å². The van der Waals surface area contributed by atoms with Gasteiger partial charge in [-0.2, -0.15) is 0 Å². The van der Waals surface area contributed by atoms with Crippen LogP contribution in [-0.2, 0) is 0 Å². The van der Waals surface area contributed by atoms with Gasteiger partial charge >= 0.3 is 0 Å². The van der Waals surface area contributed by atoms with Crippen molar-refractivity contribution in [1.82, 2.24) is 10.2 Å². The van der Waals surface area contributed by atoms with Crippen LogP contribution in [0.1, 0.15) is 18.0 Å². The quantitative estimate of drug-likeness (QED) is 0.891. The molecule has 19 heavy (non-hydrogen) atoms. The first-order valence-corrected chi connectivity index (χ1v) is 6.97. The molecule has 1 aliphatic rings. The van der Waals surface area contributed by atoms with Gasteiger partial charge in [-0.25, -0.2) is 4.39 Å². The van der Waals surface area contributed by atoms with Crippen LogP contribution in [0.25, 0.3) is 0 Å².